The number of carbonyl (C=O) groups excluding carboxylic acids is 1. The molecular formula is C22H26ClN3O6S. The lowest BCUT2D eigenvalue weighted by atomic mass is 10.2. The first-order valence-electron chi connectivity index (χ1n) is 10.6. The number of carboxylic acids is 1. The molecule has 1 unspecified atom stereocenters. The molecule has 0 saturated heterocycles. The van der Waals surface area contributed by atoms with E-state index in [1.165, 1.54) is 11.8 Å². The Morgan fingerprint density at radius 1 is 1.24 bits per heavy atom. The van der Waals surface area contributed by atoms with Gasteiger partial charge in [-0.2, -0.15) is 4.98 Å². The van der Waals surface area contributed by atoms with E-state index in [2.05, 4.69) is 15.0 Å². The zero-order valence-electron chi connectivity index (χ0n) is 18.5. The topological polar surface area (TPSA) is 121 Å². The highest BCUT2D eigenvalue weighted by Crippen LogP contribution is 2.34. The van der Waals surface area contributed by atoms with Crippen LogP contribution in [0.25, 0.3) is 0 Å². The summed E-state index contributed by atoms with van der Waals surface area (Å²) in [6, 6.07) is 1.75. The molecular weight excluding hydrogens is 470 g/mol. The summed E-state index contributed by atoms with van der Waals surface area (Å²) in [5.41, 5.74) is 2.61. The summed E-state index contributed by atoms with van der Waals surface area (Å²) >= 11 is 7.62. The Kier molecular flexibility index (Phi) is 9.13. The maximum atomic E-state index is 12.0. The summed E-state index contributed by atoms with van der Waals surface area (Å²) in [5, 5.41) is 9.56. The van der Waals surface area contributed by atoms with Crippen molar-refractivity contribution < 1.29 is 28.9 Å². The lowest BCUT2D eigenvalue weighted by Gasteiger charge is -2.17. The molecule has 3 rings (SSSR count). The Morgan fingerprint density at radius 3 is 2.79 bits per heavy atom. The number of fused-ring (bicyclic) bond motifs is 1. The van der Waals surface area contributed by atoms with Crippen molar-refractivity contribution >= 4 is 35.3 Å². The first-order chi connectivity index (χ1) is 15.9. The number of hydrogen-bond donors (Lipinski definition) is 1. The standard InChI is InChI=1S/C22H26ClN3O6S/c1-13(31-19(29)9-4-3-8-18(27)28)32-21-14-6-5-7-16(14)25-22(26-21)33-12-15-17(30-2)10-11-24-20(15)23/h10-11,13H,3-9,12H2,1-2H3,(H,27,28). The molecule has 1 atom stereocenters. The molecule has 2 aromatic rings. The Hall–Kier alpha value is -2.59. The molecule has 9 nitrogen and oxygen atoms in total. The summed E-state index contributed by atoms with van der Waals surface area (Å²) in [7, 11) is 1.58. The molecule has 0 bridgehead atoms. The zero-order valence-corrected chi connectivity index (χ0v) is 20.1. The van der Waals surface area contributed by atoms with Gasteiger partial charge in [-0.25, -0.2) is 9.97 Å². The summed E-state index contributed by atoms with van der Waals surface area (Å²) in [5.74, 6) is 0.205. The quantitative estimate of drug-likeness (QED) is 0.114. The molecule has 2 heterocycles. The van der Waals surface area contributed by atoms with E-state index in [1.807, 2.05) is 0 Å². The number of aliphatic carboxylic acids is 1. The van der Waals surface area contributed by atoms with E-state index in [9.17, 15) is 9.59 Å². The maximum Gasteiger partial charge on any atom is 0.308 e. The number of methoxy groups -OCH3 is 1. The van der Waals surface area contributed by atoms with Gasteiger partial charge in [0.15, 0.2) is 5.16 Å². The SMILES string of the molecule is COc1ccnc(Cl)c1CSc1nc2c(c(OC(C)OC(=O)CCCCC(=O)O)n1)CCC2. The van der Waals surface area contributed by atoms with E-state index in [-0.39, 0.29) is 12.8 Å². The molecule has 0 radical (unpaired) electrons. The summed E-state index contributed by atoms with van der Waals surface area (Å²) in [6.45, 7) is 1.63. The highest BCUT2D eigenvalue weighted by atomic mass is 35.5. The zero-order chi connectivity index (χ0) is 23.8. The third kappa shape index (κ3) is 7.20. The van der Waals surface area contributed by atoms with Crippen molar-refractivity contribution in [2.45, 2.75) is 69.1 Å². The van der Waals surface area contributed by atoms with Crippen molar-refractivity contribution in [3.63, 3.8) is 0 Å². The third-order valence-corrected chi connectivity index (χ3v) is 6.20. The largest absolute Gasteiger partial charge is 0.496 e. The molecule has 0 aliphatic heterocycles. The van der Waals surface area contributed by atoms with E-state index in [0.717, 1.165) is 36.1 Å². The predicted molar refractivity (Wildman–Crippen MR) is 122 cm³/mol. The second-order valence-electron chi connectivity index (χ2n) is 7.44. The fraction of sp³-hybridized carbons (Fsp3) is 0.500. The predicted octanol–water partition coefficient (Wildman–Crippen LogP) is 4.23. The molecule has 11 heteroatoms. The van der Waals surface area contributed by atoms with Gasteiger partial charge in [-0.05, 0) is 38.2 Å². The van der Waals surface area contributed by atoms with E-state index >= 15 is 0 Å². The molecule has 178 valence electrons. The van der Waals surface area contributed by atoms with E-state index in [1.54, 1.807) is 26.3 Å². The number of ether oxygens (including phenoxy) is 3. The number of unbranched alkanes of at least 4 members (excludes halogenated alkanes) is 1. The Labute approximate surface area is 201 Å². The fourth-order valence-electron chi connectivity index (χ4n) is 3.42. The van der Waals surface area contributed by atoms with Crippen molar-refractivity contribution in [2.75, 3.05) is 7.11 Å². The van der Waals surface area contributed by atoms with Crippen molar-refractivity contribution in [3.8, 4) is 11.6 Å². The molecule has 33 heavy (non-hydrogen) atoms. The van der Waals surface area contributed by atoms with Crippen LogP contribution in [-0.2, 0) is 32.9 Å². The number of carboxylic acid groups (broad SMARTS) is 1. The van der Waals surface area contributed by atoms with Gasteiger partial charge in [-0.3, -0.25) is 9.59 Å². The molecule has 0 spiro atoms. The van der Waals surface area contributed by atoms with Crippen LogP contribution in [0.1, 0.15) is 55.8 Å². The van der Waals surface area contributed by atoms with Crippen LogP contribution in [0.4, 0.5) is 0 Å². The molecule has 2 aromatic heterocycles. The van der Waals surface area contributed by atoms with Gasteiger partial charge in [0.1, 0.15) is 10.9 Å². The minimum absolute atomic E-state index is 0.0307. The number of pyridine rings is 1. The summed E-state index contributed by atoms with van der Waals surface area (Å²) < 4.78 is 16.6. The van der Waals surface area contributed by atoms with E-state index in [0.29, 0.717) is 40.5 Å². The number of thioether (sulfide) groups is 1. The van der Waals surface area contributed by atoms with Crippen molar-refractivity contribution in [1.82, 2.24) is 15.0 Å². The second-order valence-corrected chi connectivity index (χ2v) is 8.74. The van der Waals surface area contributed by atoms with Crippen LogP contribution >= 0.6 is 23.4 Å². The lowest BCUT2D eigenvalue weighted by molar-refractivity contribution is -0.162. The first-order valence-corrected chi connectivity index (χ1v) is 12.0. The average molecular weight is 496 g/mol. The van der Waals surface area contributed by atoms with Crippen LogP contribution in [0.5, 0.6) is 11.6 Å². The molecule has 0 amide bonds. The van der Waals surface area contributed by atoms with Crippen molar-refractivity contribution in [3.05, 3.63) is 34.2 Å². The summed E-state index contributed by atoms with van der Waals surface area (Å²) in [6.07, 6.45) is 4.37. The van der Waals surface area contributed by atoms with Crippen LogP contribution in [0.2, 0.25) is 5.15 Å². The van der Waals surface area contributed by atoms with Gasteiger partial charge in [0, 0.05) is 42.8 Å². The van der Waals surface area contributed by atoms with Gasteiger partial charge in [0.2, 0.25) is 12.2 Å². The number of halogens is 1. The van der Waals surface area contributed by atoms with Gasteiger partial charge in [0.05, 0.1) is 12.8 Å². The molecule has 1 N–H and O–H groups in total. The second kappa shape index (κ2) is 12.0. The number of rotatable bonds is 12. The number of aromatic nitrogens is 3. The summed E-state index contributed by atoms with van der Waals surface area (Å²) in [4.78, 5) is 35.9. The van der Waals surface area contributed by atoms with E-state index < -0.39 is 18.2 Å². The van der Waals surface area contributed by atoms with Gasteiger partial charge < -0.3 is 19.3 Å². The first kappa shape index (κ1) is 25.0. The maximum absolute atomic E-state index is 12.0. The number of nitrogens with zero attached hydrogens (tertiary/aromatic N) is 3. The van der Waals surface area contributed by atoms with Gasteiger partial charge >= 0.3 is 11.9 Å². The van der Waals surface area contributed by atoms with Gasteiger partial charge in [-0.15, -0.1) is 0 Å². The Morgan fingerprint density at radius 2 is 2.03 bits per heavy atom. The van der Waals surface area contributed by atoms with Gasteiger partial charge in [-0.1, -0.05) is 23.4 Å². The van der Waals surface area contributed by atoms with Gasteiger partial charge in [0.25, 0.3) is 0 Å². The smallest absolute Gasteiger partial charge is 0.308 e. The highest BCUT2D eigenvalue weighted by Gasteiger charge is 2.23. The average Bonchev–Trinajstić information content (AvgIpc) is 3.24. The lowest BCUT2D eigenvalue weighted by Crippen LogP contribution is -2.22. The number of aryl methyl sites for hydroxylation is 1. The van der Waals surface area contributed by atoms with Crippen LogP contribution in [-0.4, -0.2) is 45.4 Å². The van der Waals surface area contributed by atoms with Crippen molar-refractivity contribution in [2.24, 2.45) is 0 Å². The molecule has 0 saturated carbocycles. The minimum Gasteiger partial charge on any atom is -0.496 e. The third-order valence-electron chi connectivity index (χ3n) is 5.00. The highest BCUT2D eigenvalue weighted by molar-refractivity contribution is 7.98. The Balaban J connectivity index is 1.63. The molecule has 0 aromatic carbocycles. The fourth-order valence-corrected chi connectivity index (χ4v) is 4.59. The monoisotopic (exact) mass is 495 g/mol. The number of carbonyl (C=O) groups is 2. The van der Waals surface area contributed by atoms with E-state index in [4.69, 9.17) is 30.9 Å². The normalized spacial score (nSPS) is 13.3. The number of hydrogen-bond acceptors (Lipinski definition) is 9. The van der Waals surface area contributed by atoms with Crippen molar-refractivity contribution in [1.29, 1.82) is 0 Å². The molecule has 0 fully saturated rings. The van der Waals surface area contributed by atoms with Crippen LogP contribution in [0.3, 0.4) is 0 Å². The van der Waals surface area contributed by atoms with Crippen LogP contribution in [0, 0.1) is 0 Å². The number of esters is 1. The molecule has 1 aliphatic rings. The van der Waals surface area contributed by atoms with Crippen LogP contribution in [0.15, 0.2) is 17.4 Å². The van der Waals surface area contributed by atoms with Crippen LogP contribution < -0.4 is 9.47 Å². The molecule has 1 aliphatic carbocycles. The Bertz CT molecular complexity index is 1010. The minimum atomic E-state index is -0.879.